The summed E-state index contributed by atoms with van der Waals surface area (Å²) in [6.07, 6.45) is 0.667. The third-order valence-corrected chi connectivity index (χ3v) is 3.04. The van der Waals surface area contributed by atoms with Crippen LogP contribution >= 0.6 is 0 Å². The molecule has 0 saturated carbocycles. The van der Waals surface area contributed by atoms with E-state index >= 15 is 0 Å². The second kappa shape index (κ2) is 7.14. The van der Waals surface area contributed by atoms with Gasteiger partial charge in [-0.2, -0.15) is 0 Å². The van der Waals surface area contributed by atoms with E-state index in [0.717, 1.165) is 0 Å². The van der Waals surface area contributed by atoms with Crippen molar-refractivity contribution in [2.45, 2.75) is 45.8 Å². The van der Waals surface area contributed by atoms with E-state index in [1.165, 1.54) is 0 Å². The predicted molar refractivity (Wildman–Crippen MR) is 80.1 cm³/mol. The quantitative estimate of drug-likeness (QED) is 0.750. The lowest BCUT2D eigenvalue weighted by molar-refractivity contribution is 0.172. The molecule has 2 amide bonds. The van der Waals surface area contributed by atoms with Crippen molar-refractivity contribution in [3.05, 3.63) is 24.3 Å². The largest absolute Gasteiger partial charge is 0.489 e. The molecule has 0 fully saturated rings. The van der Waals surface area contributed by atoms with E-state index in [-0.39, 0.29) is 18.7 Å². The molecule has 1 rings (SSSR count). The Morgan fingerprint density at radius 2 is 2.05 bits per heavy atom. The van der Waals surface area contributed by atoms with Gasteiger partial charge in [0.2, 0.25) is 0 Å². The molecule has 0 saturated heterocycles. The number of carbonyl (C=O) groups excluding carboxylic acids is 1. The van der Waals surface area contributed by atoms with Crippen LogP contribution < -0.4 is 15.4 Å². The second-order valence-electron chi connectivity index (χ2n) is 5.31. The minimum atomic E-state index is -0.627. The van der Waals surface area contributed by atoms with Crippen molar-refractivity contribution < 1.29 is 14.6 Å². The number of aliphatic hydroxyl groups excluding tert-OH is 1. The minimum Gasteiger partial charge on any atom is -0.489 e. The van der Waals surface area contributed by atoms with Crippen LogP contribution in [0.5, 0.6) is 5.75 Å². The van der Waals surface area contributed by atoms with Crippen LogP contribution in [0.3, 0.4) is 0 Å². The number of urea groups is 1. The number of nitrogens with one attached hydrogen (secondary N) is 2. The monoisotopic (exact) mass is 280 g/mol. The summed E-state index contributed by atoms with van der Waals surface area (Å²) < 4.78 is 5.64. The van der Waals surface area contributed by atoms with Crippen LogP contribution in [-0.2, 0) is 0 Å². The van der Waals surface area contributed by atoms with Gasteiger partial charge in [-0.3, -0.25) is 0 Å². The van der Waals surface area contributed by atoms with E-state index in [9.17, 15) is 9.90 Å². The highest BCUT2D eigenvalue weighted by molar-refractivity contribution is 5.91. The van der Waals surface area contributed by atoms with Gasteiger partial charge in [0.05, 0.1) is 23.9 Å². The maximum atomic E-state index is 12.0. The van der Waals surface area contributed by atoms with Crippen molar-refractivity contribution in [3.8, 4) is 5.75 Å². The van der Waals surface area contributed by atoms with E-state index in [1.54, 1.807) is 19.1 Å². The van der Waals surface area contributed by atoms with Crippen LogP contribution in [0.1, 0.15) is 34.1 Å². The first kappa shape index (κ1) is 16.3. The van der Waals surface area contributed by atoms with E-state index < -0.39 is 5.54 Å². The van der Waals surface area contributed by atoms with Gasteiger partial charge >= 0.3 is 6.03 Å². The number of ether oxygens (including phenoxy) is 1. The average molecular weight is 280 g/mol. The molecule has 1 aromatic rings. The number of hydrogen-bond acceptors (Lipinski definition) is 3. The van der Waals surface area contributed by atoms with Crippen LogP contribution in [0.2, 0.25) is 0 Å². The Bertz CT molecular complexity index is 442. The number of hydrogen-bond donors (Lipinski definition) is 3. The van der Waals surface area contributed by atoms with Crippen molar-refractivity contribution in [1.82, 2.24) is 5.32 Å². The SMILES string of the molecule is CCC(C)(CO)NC(=O)Nc1ccccc1OC(C)C. The molecule has 1 unspecified atom stereocenters. The molecule has 1 atom stereocenters. The maximum absolute atomic E-state index is 12.0. The summed E-state index contributed by atoms with van der Waals surface area (Å²) >= 11 is 0. The Morgan fingerprint density at radius 3 is 2.60 bits per heavy atom. The maximum Gasteiger partial charge on any atom is 0.319 e. The van der Waals surface area contributed by atoms with Gasteiger partial charge in [-0.25, -0.2) is 4.79 Å². The Kier molecular flexibility index (Phi) is 5.82. The van der Waals surface area contributed by atoms with Gasteiger partial charge in [-0.15, -0.1) is 0 Å². The molecule has 0 spiro atoms. The highest BCUT2D eigenvalue weighted by Crippen LogP contribution is 2.24. The molecule has 3 N–H and O–H groups in total. The van der Waals surface area contributed by atoms with E-state index in [0.29, 0.717) is 17.9 Å². The lowest BCUT2D eigenvalue weighted by Gasteiger charge is -2.27. The molecule has 5 nitrogen and oxygen atoms in total. The highest BCUT2D eigenvalue weighted by atomic mass is 16.5. The molecule has 0 radical (unpaired) electrons. The van der Waals surface area contributed by atoms with Crippen LogP contribution in [0.4, 0.5) is 10.5 Å². The van der Waals surface area contributed by atoms with Crippen molar-refractivity contribution >= 4 is 11.7 Å². The zero-order valence-electron chi connectivity index (χ0n) is 12.6. The first-order chi connectivity index (χ1) is 9.40. The van der Waals surface area contributed by atoms with Crippen molar-refractivity contribution in [1.29, 1.82) is 0 Å². The lowest BCUT2D eigenvalue weighted by atomic mass is 10.0. The van der Waals surface area contributed by atoms with Gasteiger partial charge in [-0.1, -0.05) is 19.1 Å². The van der Waals surface area contributed by atoms with Crippen LogP contribution in [0.15, 0.2) is 24.3 Å². The van der Waals surface area contributed by atoms with Crippen LogP contribution in [0, 0.1) is 0 Å². The summed E-state index contributed by atoms with van der Waals surface area (Å²) in [5, 5.41) is 14.8. The number of benzene rings is 1. The summed E-state index contributed by atoms with van der Waals surface area (Å²) in [6.45, 7) is 7.45. The number of para-hydroxylation sites is 2. The van der Waals surface area contributed by atoms with Crippen LogP contribution in [-0.4, -0.2) is 29.4 Å². The van der Waals surface area contributed by atoms with Crippen LogP contribution in [0.25, 0.3) is 0 Å². The van der Waals surface area contributed by atoms with Gasteiger partial charge in [0.15, 0.2) is 0 Å². The standard InChI is InChI=1S/C15H24N2O3/c1-5-15(4,10-18)17-14(19)16-12-8-6-7-9-13(12)20-11(2)3/h6-9,11,18H,5,10H2,1-4H3,(H2,16,17,19). The summed E-state index contributed by atoms with van der Waals surface area (Å²) in [7, 11) is 0. The zero-order chi connectivity index (χ0) is 15.2. The molecular formula is C15H24N2O3. The van der Waals surface area contributed by atoms with Gasteiger partial charge in [-0.05, 0) is 39.3 Å². The molecule has 0 heterocycles. The molecule has 5 heteroatoms. The summed E-state index contributed by atoms with van der Waals surface area (Å²) in [5.41, 5.74) is -0.0205. The normalized spacial score (nSPS) is 13.7. The number of rotatable bonds is 6. The molecule has 0 bridgehead atoms. The lowest BCUT2D eigenvalue weighted by Crippen LogP contribution is -2.50. The first-order valence-electron chi connectivity index (χ1n) is 6.86. The minimum absolute atomic E-state index is 0.0272. The van der Waals surface area contributed by atoms with E-state index in [4.69, 9.17) is 4.74 Å². The molecule has 0 aliphatic rings. The third-order valence-electron chi connectivity index (χ3n) is 3.04. The zero-order valence-corrected chi connectivity index (χ0v) is 12.6. The molecule has 0 aliphatic carbocycles. The third kappa shape index (κ3) is 4.74. The number of amides is 2. The highest BCUT2D eigenvalue weighted by Gasteiger charge is 2.23. The summed E-state index contributed by atoms with van der Waals surface area (Å²) in [4.78, 5) is 12.0. The number of carbonyl (C=O) groups is 1. The number of aliphatic hydroxyl groups is 1. The molecule has 0 aliphatic heterocycles. The van der Waals surface area contributed by atoms with Crippen molar-refractivity contribution in [2.75, 3.05) is 11.9 Å². The Morgan fingerprint density at radius 1 is 1.40 bits per heavy atom. The predicted octanol–water partition coefficient (Wildman–Crippen LogP) is 2.76. The summed E-state index contributed by atoms with van der Waals surface area (Å²) in [6, 6.07) is 6.90. The van der Waals surface area contributed by atoms with Gasteiger partial charge < -0.3 is 20.5 Å². The summed E-state index contributed by atoms with van der Waals surface area (Å²) in [5.74, 6) is 0.625. The molecule has 0 aromatic heterocycles. The van der Waals surface area contributed by atoms with E-state index in [2.05, 4.69) is 10.6 Å². The fraction of sp³-hybridized carbons (Fsp3) is 0.533. The molecular weight excluding hydrogens is 256 g/mol. The topological polar surface area (TPSA) is 70.6 Å². The number of anilines is 1. The van der Waals surface area contributed by atoms with Crippen molar-refractivity contribution in [3.63, 3.8) is 0 Å². The molecule has 1 aromatic carbocycles. The first-order valence-corrected chi connectivity index (χ1v) is 6.86. The molecule has 20 heavy (non-hydrogen) atoms. The average Bonchev–Trinajstić information content (AvgIpc) is 2.40. The van der Waals surface area contributed by atoms with Gasteiger partial charge in [0.25, 0.3) is 0 Å². The van der Waals surface area contributed by atoms with Gasteiger partial charge in [0.1, 0.15) is 5.75 Å². The molecule has 112 valence electrons. The Hall–Kier alpha value is -1.75. The fourth-order valence-electron chi connectivity index (χ4n) is 1.59. The van der Waals surface area contributed by atoms with Crippen molar-refractivity contribution in [2.24, 2.45) is 0 Å². The smallest absolute Gasteiger partial charge is 0.319 e. The van der Waals surface area contributed by atoms with E-state index in [1.807, 2.05) is 32.9 Å². The Labute approximate surface area is 120 Å². The fourth-order valence-corrected chi connectivity index (χ4v) is 1.59. The Balaban J connectivity index is 2.75. The second-order valence-corrected chi connectivity index (χ2v) is 5.31. The van der Waals surface area contributed by atoms with Gasteiger partial charge in [0, 0.05) is 0 Å².